The number of carbonyl (C=O) groups is 1. The first-order chi connectivity index (χ1) is 7.26. The van der Waals surface area contributed by atoms with Crippen molar-refractivity contribution in [3.63, 3.8) is 0 Å². The van der Waals surface area contributed by atoms with E-state index in [4.69, 9.17) is 4.74 Å². The topological polar surface area (TPSA) is 41.6 Å². The second-order valence-corrected chi connectivity index (χ2v) is 3.41. The Morgan fingerprint density at radius 1 is 1.60 bits per heavy atom. The van der Waals surface area contributed by atoms with Crippen molar-refractivity contribution in [2.45, 2.75) is 13.0 Å². The Bertz CT molecular complexity index is 369. The molecule has 0 saturated heterocycles. The lowest BCUT2D eigenvalue weighted by Gasteiger charge is -2.33. The molecule has 80 valence electrons. The molecule has 1 N–H and O–H groups in total. The molecule has 0 aromatic heterocycles. The van der Waals surface area contributed by atoms with Crippen LogP contribution in [0.25, 0.3) is 0 Å². The number of dihydropyridines is 1. The molecule has 15 heavy (non-hydrogen) atoms. The lowest BCUT2D eigenvalue weighted by Crippen LogP contribution is -2.43. The van der Waals surface area contributed by atoms with E-state index in [1.165, 1.54) is 0 Å². The second kappa shape index (κ2) is 3.81. The largest absolute Gasteiger partial charge is 0.495 e. The lowest BCUT2D eigenvalue weighted by atomic mass is 10.0. The molecule has 0 aliphatic carbocycles. The van der Waals surface area contributed by atoms with E-state index in [1.807, 2.05) is 25.3 Å². The van der Waals surface area contributed by atoms with E-state index in [1.54, 1.807) is 18.1 Å². The minimum atomic E-state index is 0.0270. The van der Waals surface area contributed by atoms with Gasteiger partial charge in [0.1, 0.15) is 5.76 Å². The minimum Gasteiger partial charge on any atom is -0.495 e. The van der Waals surface area contributed by atoms with Crippen LogP contribution in [0.2, 0.25) is 0 Å². The van der Waals surface area contributed by atoms with Crippen molar-refractivity contribution < 1.29 is 9.53 Å². The third-order valence-electron chi connectivity index (χ3n) is 2.57. The molecule has 4 nitrogen and oxygen atoms in total. The number of carbonyl (C=O) groups excluding carboxylic acids is 1. The minimum absolute atomic E-state index is 0.0270. The Balaban J connectivity index is 2.34. The zero-order valence-corrected chi connectivity index (χ0v) is 8.86. The molecule has 0 fully saturated rings. The number of rotatable bonds is 2. The number of fused-ring (bicyclic) bond motifs is 1. The van der Waals surface area contributed by atoms with Crippen molar-refractivity contribution in [1.82, 2.24) is 10.2 Å². The zero-order chi connectivity index (χ0) is 10.8. The third-order valence-corrected chi connectivity index (χ3v) is 2.57. The number of likely N-dealkylation sites (N-methyl/N-ethyl adjacent to an activating group) is 1. The molecule has 0 spiro atoms. The zero-order valence-electron chi connectivity index (χ0n) is 8.86. The molecule has 4 heteroatoms. The van der Waals surface area contributed by atoms with Crippen molar-refractivity contribution in [3.05, 3.63) is 35.9 Å². The van der Waals surface area contributed by atoms with E-state index in [9.17, 15) is 4.79 Å². The standard InChI is InChI=1S/C11H14N2O2/c1-3-13-10-6-8(15-2)7-12-9(10)4-5-11(13)14/h4-7,9,12H,3H2,1-2H3. The van der Waals surface area contributed by atoms with Crippen LogP contribution in [-0.2, 0) is 9.53 Å². The highest BCUT2D eigenvalue weighted by molar-refractivity contribution is 5.91. The van der Waals surface area contributed by atoms with Crippen LogP contribution >= 0.6 is 0 Å². The fourth-order valence-electron chi connectivity index (χ4n) is 1.79. The Morgan fingerprint density at radius 2 is 2.40 bits per heavy atom. The number of nitrogens with zero attached hydrogens (tertiary/aromatic N) is 1. The summed E-state index contributed by atoms with van der Waals surface area (Å²) in [5, 5.41) is 3.17. The second-order valence-electron chi connectivity index (χ2n) is 3.41. The van der Waals surface area contributed by atoms with E-state index < -0.39 is 0 Å². The van der Waals surface area contributed by atoms with Crippen molar-refractivity contribution in [3.8, 4) is 0 Å². The molecule has 0 radical (unpaired) electrons. The molecular weight excluding hydrogens is 192 g/mol. The maximum absolute atomic E-state index is 11.6. The third kappa shape index (κ3) is 1.63. The first kappa shape index (κ1) is 9.83. The number of ether oxygens (including phenoxy) is 1. The summed E-state index contributed by atoms with van der Waals surface area (Å²) in [5.41, 5.74) is 0.948. The van der Waals surface area contributed by atoms with Gasteiger partial charge in [-0.05, 0) is 6.92 Å². The van der Waals surface area contributed by atoms with Crippen LogP contribution in [0.5, 0.6) is 0 Å². The number of amides is 1. The van der Waals surface area contributed by atoms with Gasteiger partial charge in [-0.25, -0.2) is 0 Å². The molecule has 1 amide bonds. The van der Waals surface area contributed by atoms with Crippen LogP contribution in [0.3, 0.4) is 0 Å². The van der Waals surface area contributed by atoms with Crippen LogP contribution in [0, 0.1) is 0 Å². The highest BCUT2D eigenvalue weighted by Crippen LogP contribution is 2.22. The van der Waals surface area contributed by atoms with Gasteiger partial charge in [-0.15, -0.1) is 0 Å². The van der Waals surface area contributed by atoms with Gasteiger partial charge in [0.25, 0.3) is 5.91 Å². The molecular formula is C11H14N2O2. The van der Waals surface area contributed by atoms with Gasteiger partial charge < -0.3 is 15.0 Å². The van der Waals surface area contributed by atoms with Gasteiger partial charge in [-0.3, -0.25) is 4.79 Å². The summed E-state index contributed by atoms with van der Waals surface area (Å²) < 4.78 is 5.13. The van der Waals surface area contributed by atoms with Crippen LogP contribution < -0.4 is 5.32 Å². The molecule has 1 atom stereocenters. The summed E-state index contributed by atoms with van der Waals surface area (Å²) >= 11 is 0. The monoisotopic (exact) mass is 206 g/mol. The molecule has 2 aliphatic heterocycles. The summed E-state index contributed by atoms with van der Waals surface area (Å²) in [5.74, 6) is 0.766. The van der Waals surface area contributed by atoms with Gasteiger partial charge in [-0.2, -0.15) is 0 Å². The molecule has 0 bridgehead atoms. The van der Waals surface area contributed by atoms with Gasteiger partial charge in [-0.1, -0.05) is 6.08 Å². The first-order valence-electron chi connectivity index (χ1n) is 4.97. The fourth-order valence-corrected chi connectivity index (χ4v) is 1.79. The summed E-state index contributed by atoms with van der Waals surface area (Å²) in [4.78, 5) is 13.3. The Labute approximate surface area is 88.9 Å². The van der Waals surface area contributed by atoms with Crippen LogP contribution in [0.15, 0.2) is 35.9 Å². The molecule has 0 aromatic rings. The molecule has 1 unspecified atom stereocenters. The van der Waals surface area contributed by atoms with Crippen molar-refractivity contribution in [2.75, 3.05) is 13.7 Å². The van der Waals surface area contributed by atoms with Gasteiger partial charge in [0.15, 0.2) is 0 Å². The summed E-state index contributed by atoms with van der Waals surface area (Å²) in [6, 6.07) is 0.0848. The van der Waals surface area contributed by atoms with Crippen molar-refractivity contribution >= 4 is 5.91 Å². The number of hydrogen-bond acceptors (Lipinski definition) is 3. The average Bonchev–Trinajstić information content (AvgIpc) is 2.28. The molecule has 2 heterocycles. The van der Waals surface area contributed by atoms with Gasteiger partial charge in [0.05, 0.1) is 18.8 Å². The van der Waals surface area contributed by atoms with Gasteiger partial charge >= 0.3 is 0 Å². The van der Waals surface area contributed by atoms with E-state index in [2.05, 4.69) is 5.32 Å². The number of methoxy groups -OCH3 is 1. The normalized spacial score (nSPS) is 24.0. The maximum Gasteiger partial charge on any atom is 0.250 e. The highest BCUT2D eigenvalue weighted by atomic mass is 16.5. The van der Waals surface area contributed by atoms with E-state index in [-0.39, 0.29) is 11.9 Å². The molecule has 0 saturated carbocycles. The van der Waals surface area contributed by atoms with Crippen LogP contribution in [-0.4, -0.2) is 30.5 Å². The van der Waals surface area contributed by atoms with E-state index >= 15 is 0 Å². The Hall–Kier alpha value is -1.71. The smallest absolute Gasteiger partial charge is 0.250 e. The number of allylic oxidation sites excluding steroid dienone is 1. The van der Waals surface area contributed by atoms with E-state index in [0.29, 0.717) is 6.54 Å². The van der Waals surface area contributed by atoms with Crippen molar-refractivity contribution in [1.29, 1.82) is 0 Å². The van der Waals surface area contributed by atoms with Crippen molar-refractivity contribution in [2.24, 2.45) is 0 Å². The maximum atomic E-state index is 11.6. The van der Waals surface area contributed by atoms with Gasteiger partial charge in [0.2, 0.25) is 0 Å². The first-order valence-corrected chi connectivity index (χ1v) is 4.97. The molecule has 2 aliphatic rings. The average molecular weight is 206 g/mol. The summed E-state index contributed by atoms with van der Waals surface area (Å²) in [6.07, 6.45) is 7.17. The van der Waals surface area contributed by atoms with E-state index in [0.717, 1.165) is 11.5 Å². The summed E-state index contributed by atoms with van der Waals surface area (Å²) in [7, 11) is 1.61. The molecule has 2 rings (SSSR count). The lowest BCUT2D eigenvalue weighted by molar-refractivity contribution is -0.124. The van der Waals surface area contributed by atoms with Gasteiger partial charge in [0, 0.05) is 24.9 Å². The Morgan fingerprint density at radius 3 is 3.07 bits per heavy atom. The fraction of sp³-hybridized carbons (Fsp3) is 0.364. The number of hydrogen-bond donors (Lipinski definition) is 1. The Kier molecular flexibility index (Phi) is 2.49. The van der Waals surface area contributed by atoms with Crippen LogP contribution in [0.4, 0.5) is 0 Å². The van der Waals surface area contributed by atoms with Crippen LogP contribution in [0.1, 0.15) is 6.92 Å². The number of nitrogens with one attached hydrogen (secondary N) is 1. The SMILES string of the molecule is CCN1C(=O)C=CC2NC=C(OC)C=C21. The predicted molar refractivity (Wildman–Crippen MR) is 56.6 cm³/mol. The molecule has 0 aromatic carbocycles. The highest BCUT2D eigenvalue weighted by Gasteiger charge is 2.27. The quantitative estimate of drug-likeness (QED) is 0.725. The predicted octanol–water partition coefficient (Wildman–Crippen LogP) is 0.748. The summed E-state index contributed by atoms with van der Waals surface area (Å²) in [6.45, 7) is 2.63.